The molecule has 2 fully saturated rings. The Morgan fingerprint density at radius 1 is 1.14 bits per heavy atom. The third-order valence-corrected chi connectivity index (χ3v) is 7.66. The zero-order valence-electron chi connectivity index (χ0n) is 16.8. The summed E-state index contributed by atoms with van der Waals surface area (Å²) in [7, 11) is -3.51. The van der Waals surface area contributed by atoms with Crippen molar-refractivity contribution in [2.45, 2.75) is 31.6 Å². The van der Waals surface area contributed by atoms with Gasteiger partial charge >= 0.3 is 0 Å². The Balaban J connectivity index is 1.49. The predicted octanol–water partition coefficient (Wildman–Crippen LogP) is 1.15. The van der Waals surface area contributed by atoms with Crippen molar-refractivity contribution in [3.63, 3.8) is 0 Å². The summed E-state index contributed by atoms with van der Waals surface area (Å²) >= 11 is 0. The number of benzene rings is 1. The number of piperidine rings is 1. The second kappa shape index (κ2) is 9.35. The molecule has 0 saturated carbocycles. The first-order valence-corrected chi connectivity index (χ1v) is 11.5. The topological polar surface area (TPSA) is 79.0 Å². The molecule has 1 amide bonds. The van der Waals surface area contributed by atoms with Gasteiger partial charge in [-0.25, -0.2) is 8.42 Å². The van der Waals surface area contributed by atoms with Gasteiger partial charge in [0.15, 0.2) is 0 Å². The molecule has 0 radical (unpaired) electrons. The number of nitrogens with one attached hydrogen (secondary N) is 1. The van der Waals surface area contributed by atoms with E-state index in [2.05, 4.69) is 10.2 Å². The molecule has 2 aliphatic rings. The van der Waals surface area contributed by atoms with Crippen LogP contribution in [-0.4, -0.2) is 76.0 Å². The molecule has 0 aromatic heterocycles. The van der Waals surface area contributed by atoms with Crippen LogP contribution in [0, 0.1) is 19.8 Å². The number of sulfonamides is 1. The van der Waals surface area contributed by atoms with Gasteiger partial charge in [-0.05, 0) is 43.9 Å². The van der Waals surface area contributed by atoms with Gasteiger partial charge in [-0.15, -0.1) is 0 Å². The standard InChI is InChI=1S/C20H31N3O4S/c1-16-3-4-17(2)19(15-16)28(25,26)23-8-5-18(6-9-23)20(24)21-7-10-22-11-13-27-14-12-22/h3-4,15,18H,5-14H2,1-2H3,(H,21,24). The fourth-order valence-corrected chi connectivity index (χ4v) is 5.57. The average Bonchev–Trinajstić information content (AvgIpc) is 2.70. The van der Waals surface area contributed by atoms with E-state index in [1.807, 2.05) is 26.0 Å². The summed E-state index contributed by atoms with van der Waals surface area (Å²) in [5.74, 6) is -0.0770. The van der Waals surface area contributed by atoms with Crippen molar-refractivity contribution in [1.29, 1.82) is 0 Å². The van der Waals surface area contributed by atoms with Gasteiger partial charge < -0.3 is 10.1 Å². The van der Waals surface area contributed by atoms with Crippen molar-refractivity contribution < 1.29 is 17.9 Å². The summed E-state index contributed by atoms with van der Waals surface area (Å²) in [4.78, 5) is 15.1. The van der Waals surface area contributed by atoms with Crippen molar-refractivity contribution >= 4 is 15.9 Å². The van der Waals surface area contributed by atoms with Crippen LogP contribution in [0.15, 0.2) is 23.1 Å². The number of carbonyl (C=O) groups excluding carboxylic acids is 1. The van der Waals surface area contributed by atoms with Crippen LogP contribution in [0.25, 0.3) is 0 Å². The van der Waals surface area contributed by atoms with E-state index in [4.69, 9.17) is 4.74 Å². The third kappa shape index (κ3) is 5.11. The van der Waals surface area contributed by atoms with Crippen LogP contribution in [0.3, 0.4) is 0 Å². The Kier molecular flexibility index (Phi) is 7.09. The van der Waals surface area contributed by atoms with Gasteiger partial charge in [0, 0.05) is 45.2 Å². The Morgan fingerprint density at radius 2 is 1.82 bits per heavy atom. The van der Waals surface area contributed by atoms with Crippen LogP contribution >= 0.6 is 0 Å². The molecule has 7 nitrogen and oxygen atoms in total. The van der Waals surface area contributed by atoms with Gasteiger partial charge in [-0.2, -0.15) is 4.31 Å². The smallest absolute Gasteiger partial charge is 0.243 e. The molecular formula is C20H31N3O4S. The largest absolute Gasteiger partial charge is 0.379 e. The van der Waals surface area contributed by atoms with E-state index in [1.54, 1.807) is 6.07 Å². The first-order chi connectivity index (χ1) is 13.4. The maximum atomic E-state index is 13.0. The minimum absolute atomic E-state index is 0.0389. The highest BCUT2D eigenvalue weighted by Crippen LogP contribution is 2.26. The normalized spacial score (nSPS) is 20.2. The Labute approximate surface area is 168 Å². The summed E-state index contributed by atoms with van der Waals surface area (Å²) in [6.07, 6.45) is 1.13. The number of hydrogen-bond acceptors (Lipinski definition) is 5. The molecule has 0 spiro atoms. The quantitative estimate of drug-likeness (QED) is 0.763. The van der Waals surface area contributed by atoms with Crippen LogP contribution < -0.4 is 5.32 Å². The Bertz CT molecular complexity index is 783. The molecule has 2 aliphatic heterocycles. The van der Waals surface area contributed by atoms with E-state index < -0.39 is 10.0 Å². The molecular weight excluding hydrogens is 378 g/mol. The van der Waals surface area contributed by atoms with E-state index in [0.29, 0.717) is 37.4 Å². The van der Waals surface area contributed by atoms with Crippen LogP contribution in [0.5, 0.6) is 0 Å². The molecule has 1 aromatic rings. The summed E-state index contributed by atoms with van der Waals surface area (Å²) in [6.45, 7) is 9.26. The summed E-state index contributed by atoms with van der Waals surface area (Å²) in [6, 6.07) is 5.49. The van der Waals surface area contributed by atoms with Gasteiger partial charge in [-0.1, -0.05) is 12.1 Å². The van der Waals surface area contributed by atoms with Crippen LogP contribution in [0.4, 0.5) is 0 Å². The lowest BCUT2D eigenvalue weighted by Crippen LogP contribution is -2.45. The third-order valence-electron chi connectivity index (χ3n) is 5.62. The van der Waals surface area contributed by atoms with Crippen LogP contribution in [0.2, 0.25) is 0 Å². The van der Waals surface area contributed by atoms with Crippen molar-refractivity contribution in [3.8, 4) is 0 Å². The van der Waals surface area contributed by atoms with Gasteiger partial charge in [0.05, 0.1) is 18.1 Å². The number of rotatable bonds is 6. The summed E-state index contributed by atoms with van der Waals surface area (Å²) < 4.78 is 32.8. The number of ether oxygens (including phenoxy) is 1. The maximum Gasteiger partial charge on any atom is 0.243 e. The highest BCUT2D eigenvalue weighted by Gasteiger charge is 2.32. The SMILES string of the molecule is Cc1ccc(C)c(S(=O)(=O)N2CCC(C(=O)NCCN3CCOCC3)CC2)c1. The van der Waals surface area contributed by atoms with Gasteiger partial charge in [0.2, 0.25) is 15.9 Å². The molecule has 0 unspecified atom stereocenters. The Morgan fingerprint density at radius 3 is 2.50 bits per heavy atom. The van der Waals surface area contributed by atoms with Crippen molar-refractivity contribution in [2.24, 2.45) is 5.92 Å². The van der Waals surface area contributed by atoms with E-state index in [0.717, 1.165) is 44.0 Å². The maximum absolute atomic E-state index is 13.0. The number of morpholine rings is 1. The van der Waals surface area contributed by atoms with Crippen molar-refractivity contribution in [3.05, 3.63) is 29.3 Å². The molecule has 8 heteroatoms. The average molecular weight is 410 g/mol. The van der Waals surface area contributed by atoms with Crippen LogP contribution in [-0.2, 0) is 19.6 Å². The van der Waals surface area contributed by atoms with Gasteiger partial charge in [0.1, 0.15) is 0 Å². The number of aryl methyl sites for hydroxylation is 2. The molecule has 0 atom stereocenters. The minimum Gasteiger partial charge on any atom is -0.379 e. The Hall–Kier alpha value is -1.48. The van der Waals surface area contributed by atoms with E-state index in [9.17, 15) is 13.2 Å². The van der Waals surface area contributed by atoms with Crippen LogP contribution in [0.1, 0.15) is 24.0 Å². The van der Waals surface area contributed by atoms with E-state index >= 15 is 0 Å². The molecule has 1 N–H and O–H groups in total. The lowest BCUT2D eigenvalue weighted by molar-refractivity contribution is -0.126. The number of hydrogen-bond donors (Lipinski definition) is 1. The molecule has 28 heavy (non-hydrogen) atoms. The fraction of sp³-hybridized carbons (Fsp3) is 0.650. The minimum atomic E-state index is -3.51. The van der Waals surface area contributed by atoms with Gasteiger partial charge in [-0.3, -0.25) is 9.69 Å². The number of nitrogens with zero attached hydrogens (tertiary/aromatic N) is 2. The summed E-state index contributed by atoms with van der Waals surface area (Å²) in [5.41, 5.74) is 1.69. The highest BCUT2D eigenvalue weighted by molar-refractivity contribution is 7.89. The lowest BCUT2D eigenvalue weighted by Gasteiger charge is -2.31. The molecule has 156 valence electrons. The van der Waals surface area contributed by atoms with E-state index in [-0.39, 0.29) is 11.8 Å². The molecule has 2 heterocycles. The predicted molar refractivity (Wildman–Crippen MR) is 108 cm³/mol. The van der Waals surface area contributed by atoms with Crippen molar-refractivity contribution in [2.75, 3.05) is 52.5 Å². The highest BCUT2D eigenvalue weighted by atomic mass is 32.2. The first kappa shape index (κ1) is 21.2. The summed E-state index contributed by atoms with van der Waals surface area (Å²) in [5, 5.41) is 3.01. The van der Waals surface area contributed by atoms with Gasteiger partial charge in [0.25, 0.3) is 0 Å². The number of amides is 1. The molecule has 1 aromatic carbocycles. The zero-order chi connectivity index (χ0) is 20.1. The molecule has 2 saturated heterocycles. The molecule has 0 bridgehead atoms. The molecule has 3 rings (SSSR count). The fourth-order valence-electron chi connectivity index (χ4n) is 3.79. The second-order valence-electron chi connectivity index (χ2n) is 7.69. The monoisotopic (exact) mass is 409 g/mol. The second-order valence-corrected chi connectivity index (χ2v) is 9.60. The van der Waals surface area contributed by atoms with Crippen molar-refractivity contribution in [1.82, 2.24) is 14.5 Å². The molecule has 0 aliphatic carbocycles. The number of carbonyl (C=O) groups is 1. The lowest BCUT2D eigenvalue weighted by atomic mass is 9.97. The zero-order valence-corrected chi connectivity index (χ0v) is 17.6. The van der Waals surface area contributed by atoms with E-state index in [1.165, 1.54) is 4.31 Å². The first-order valence-electron chi connectivity index (χ1n) is 10.0.